The van der Waals surface area contributed by atoms with Gasteiger partial charge in [-0.25, -0.2) is 0 Å². The molecule has 0 bridgehead atoms. The number of rotatable bonds is 10. The second-order valence-corrected chi connectivity index (χ2v) is 17.2. The number of carboxylic acids is 2. The quantitative estimate of drug-likeness (QED) is 0.107. The van der Waals surface area contributed by atoms with Crippen molar-refractivity contribution in [2.24, 2.45) is 0 Å². The minimum atomic E-state index is -1.83. The number of likely N-dealkylation sites (tertiary alicyclic amines) is 2. The van der Waals surface area contributed by atoms with E-state index in [4.69, 9.17) is 27.9 Å². The van der Waals surface area contributed by atoms with Crippen LogP contribution in [0.15, 0.2) is 133 Å². The van der Waals surface area contributed by atoms with Gasteiger partial charge in [0.15, 0.2) is 10.8 Å². The zero-order valence-electron chi connectivity index (χ0n) is 35.1. The second kappa shape index (κ2) is 17.2. The Balaban J connectivity index is 0.000000169. The van der Waals surface area contributed by atoms with Crippen molar-refractivity contribution in [1.29, 1.82) is 0 Å². The number of amides is 6. The molecule has 6 aromatic carbocycles. The van der Waals surface area contributed by atoms with E-state index >= 15 is 0 Å². The number of ether oxygens (including phenoxy) is 1. The number of aliphatic carboxylic acids is 2. The van der Waals surface area contributed by atoms with Crippen LogP contribution >= 0.6 is 23.2 Å². The molecule has 4 heterocycles. The number of para-hydroxylation sites is 1. The molecule has 0 aromatic heterocycles. The Morgan fingerprint density at radius 3 is 1.57 bits per heavy atom. The number of nitrogens with zero attached hydrogens (tertiary/aromatic N) is 4. The SMILES string of the molecule is O=C(O)CN1C(=O)C2(CC(=O)N(Cc3cccc(Oc4ccccc4)c3)C2=O)c2cc(Cl)ccc21.O=C(O)CN1C(=O)C2(CC(=O)N(Cc3cccc4ccccc34)C2=O)c2cc(Cl)ccc21. The van der Waals surface area contributed by atoms with Crippen molar-refractivity contribution < 1.29 is 53.3 Å². The summed E-state index contributed by atoms with van der Waals surface area (Å²) in [6.45, 7) is -1.29. The van der Waals surface area contributed by atoms with Crippen LogP contribution in [0.25, 0.3) is 10.8 Å². The molecule has 0 radical (unpaired) electrons. The van der Waals surface area contributed by atoms with E-state index in [0.29, 0.717) is 22.1 Å². The third kappa shape index (κ3) is 7.61. The van der Waals surface area contributed by atoms with Crippen LogP contribution in [0, 0.1) is 0 Å². The lowest BCUT2D eigenvalue weighted by Crippen LogP contribution is -2.47. The predicted octanol–water partition coefficient (Wildman–Crippen LogP) is 6.88. The van der Waals surface area contributed by atoms with E-state index < -0.39 is 77.7 Å². The maximum absolute atomic E-state index is 13.7. The summed E-state index contributed by atoms with van der Waals surface area (Å²) >= 11 is 12.3. The highest BCUT2D eigenvalue weighted by Gasteiger charge is 2.65. The van der Waals surface area contributed by atoms with E-state index in [1.165, 1.54) is 36.4 Å². The number of fused-ring (bicyclic) bond motifs is 5. The highest BCUT2D eigenvalue weighted by atomic mass is 35.5. The third-order valence-corrected chi connectivity index (χ3v) is 12.8. The molecule has 4 aliphatic heterocycles. The van der Waals surface area contributed by atoms with Crippen molar-refractivity contribution in [2.45, 2.75) is 36.8 Å². The molecule has 67 heavy (non-hydrogen) atoms. The number of imide groups is 2. The molecule has 0 aliphatic carbocycles. The van der Waals surface area contributed by atoms with Gasteiger partial charge in [0.1, 0.15) is 24.6 Å². The van der Waals surface area contributed by atoms with Crippen LogP contribution in [0.5, 0.6) is 11.5 Å². The lowest BCUT2D eigenvalue weighted by atomic mass is 9.80. The summed E-state index contributed by atoms with van der Waals surface area (Å²) in [7, 11) is 0. The Morgan fingerprint density at radius 2 is 1.00 bits per heavy atom. The number of benzene rings is 6. The predicted molar refractivity (Wildman–Crippen MR) is 243 cm³/mol. The van der Waals surface area contributed by atoms with E-state index in [1.807, 2.05) is 60.7 Å². The minimum Gasteiger partial charge on any atom is -0.480 e. The van der Waals surface area contributed by atoms with Crippen molar-refractivity contribution in [2.75, 3.05) is 22.9 Å². The van der Waals surface area contributed by atoms with Gasteiger partial charge < -0.3 is 14.9 Å². The number of hydrogen-bond acceptors (Lipinski definition) is 9. The summed E-state index contributed by atoms with van der Waals surface area (Å²) in [5.41, 5.74) is -1.13. The number of carboxylic acid groups (broad SMARTS) is 2. The Morgan fingerprint density at radius 1 is 0.522 bits per heavy atom. The first-order valence-electron chi connectivity index (χ1n) is 20.8. The molecule has 15 nitrogen and oxygen atoms in total. The summed E-state index contributed by atoms with van der Waals surface area (Å²) < 4.78 is 5.84. The molecule has 0 saturated carbocycles. The first-order valence-corrected chi connectivity index (χ1v) is 21.5. The number of hydrogen-bond donors (Lipinski definition) is 2. The Hall–Kier alpha value is -7.88. The van der Waals surface area contributed by atoms with Gasteiger partial charge >= 0.3 is 11.9 Å². The fourth-order valence-corrected chi connectivity index (χ4v) is 9.68. The lowest BCUT2D eigenvalue weighted by Gasteiger charge is -2.22. The van der Waals surface area contributed by atoms with Gasteiger partial charge in [0.05, 0.1) is 25.9 Å². The fraction of sp³-hybridized carbons (Fsp3) is 0.160. The van der Waals surface area contributed by atoms with Crippen LogP contribution in [0.4, 0.5) is 11.4 Å². The molecule has 2 saturated heterocycles. The average Bonchev–Trinajstić information content (AvgIpc) is 3.88. The van der Waals surface area contributed by atoms with Gasteiger partial charge in [-0.2, -0.15) is 0 Å². The van der Waals surface area contributed by atoms with Crippen LogP contribution in [0.1, 0.15) is 35.1 Å². The molecule has 10 rings (SSSR count). The van der Waals surface area contributed by atoms with E-state index in [1.54, 1.807) is 36.4 Å². The highest BCUT2D eigenvalue weighted by Crippen LogP contribution is 2.51. The summed E-state index contributed by atoms with van der Waals surface area (Å²) in [6.07, 6.45) is -0.757. The first kappa shape index (κ1) is 44.3. The van der Waals surface area contributed by atoms with E-state index in [9.17, 15) is 48.6 Å². The van der Waals surface area contributed by atoms with E-state index in [0.717, 1.165) is 35.9 Å². The van der Waals surface area contributed by atoms with E-state index in [2.05, 4.69) is 0 Å². The number of carbonyl (C=O) groups is 8. The smallest absolute Gasteiger partial charge is 0.323 e. The van der Waals surface area contributed by atoms with Gasteiger partial charge in [-0.15, -0.1) is 0 Å². The van der Waals surface area contributed by atoms with Crippen molar-refractivity contribution in [1.82, 2.24) is 9.80 Å². The molecule has 17 heteroatoms. The topological polar surface area (TPSA) is 199 Å². The molecular weight excluding hydrogens is 903 g/mol. The molecule has 336 valence electrons. The van der Waals surface area contributed by atoms with Crippen LogP contribution in [-0.2, 0) is 62.3 Å². The molecule has 6 aromatic rings. The lowest BCUT2D eigenvalue weighted by molar-refractivity contribution is -0.144. The highest BCUT2D eigenvalue weighted by molar-refractivity contribution is 6.34. The van der Waals surface area contributed by atoms with Gasteiger partial charge in [-0.05, 0) is 82.6 Å². The Labute approximate surface area is 391 Å². The minimum absolute atomic E-state index is 0.0167. The molecular formula is C50H36Cl2N4O11. The maximum atomic E-state index is 13.7. The van der Waals surface area contributed by atoms with Gasteiger partial charge in [-0.3, -0.25) is 58.0 Å². The number of carbonyl (C=O) groups excluding carboxylic acids is 6. The average molecular weight is 940 g/mol. The molecule has 2 spiro atoms. The van der Waals surface area contributed by atoms with Crippen LogP contribution < -0.4 is 14.5 Å². The second-order valence-electron chi connectivity index (χ2n) is 16.3. The van der Waals surface area contributed by atoms with Crippen molar-refractivity contribution in [3.63, 3.8) is 0 Å². The molecule has 2 atom stereocenters. The maximum Gasteiger partial charge on any atom is 0.323 e. The van der Waals surface area contributed by atoms with Gasteiger partial charge in [0.2, 0.25) is 35.4 Å². The van der Waals surface area contributed by atoms with E-state index in [-0.39, 0.29) is 47.0 Å². The van der Waals surface area contributed by atoms with Crippen molar-refractivity contribution >= 4 is 92.7 Å². The molecule has 2 N–H and O–H groups in total. The molecule has 6 amide bonds. The fourth-order valence-electron chi connectivity index (χ4n) is 9.34. The summed E-state index contributed by atoms with van der Waals surface area (Å²) in [6, 6.07) is 38.4. The van der Waals surface area contributed by atoms with Crippen LogP contribution in [0.3, 0.4) is 0 Å². The van der Waals surface area contributed by atoms with Crippen molar-refractivity contribution in [3.8, 4) is 11.5 Å². The zero-order valence-corrected chi connectivity index (χ0v) is 36.6. The Kier molecular flexibility index (Phi) is 11.4. The normalized spacial score (nSPS) is 19.4. The van der Waals surface area contributed by atoms with Crippen LogP contribution in [0.2, 0.25) is 10.0 Å². The Bertz CT molecular complexity index is 3120. The van der Waals surface area contributed by atoms with Crippen molar-refractivity contribution in [3.05, 3.63) is 166 Å². The van der Waals surface area contributed by atoms with Gasteiger partial charge in [-0.1, -0.05) is 96.0 Å². The monoisotopic (exact) mass is 938 g/mol. The standard InChI is InChI=1S/C26H19ClN2O6.C24H17ClN2O5/c27-17-9-10-21-20(12-17)26(24(33)28(21)15-23(31)32)13-22(30)29(25(26)34)14-16-5-4-8-19(11-16)35-18-6-2-1-3-7-18;25-16-8-9-19-18(10-16)24(22(31)26(19)13-21(29)30)11-20(28)27(23(24)32)12-15-6-3-5-14-4-1-2-7-17(14)15/h1-12H,13-15H2,(H,31,32);1-10H,11-13H2,(H,29,30). The van der Waals surface area contributed by atoms with Gasteiger partial charge in [0, 0.05) is 32.5 Å². The molecule has 4 aliphatic rings. The molecule has 2 unspecified atom stereocenters. The number of anilines is 2. The third-order valence-electron chi connectivity index (χ3n) is 12.3. The molecule has 2 fully saturated rings. The largest absolute Gasteiger partial charge is 0.480 e. The summed E-state index contributed by atoms with van der Waals surface area (Å²) in [5, 5.41) is 21.0. The number of halogens is 2. The summed E-state index contributed by atoms with van der Waals surface area (Å²) in [4.78, 5) is 107. The zero-order chi connectivity index (χ0) is 47.4. The summed E-state index contributed by atoms with van der Waals surface area (Å²) in [5.74, 6) is -5.10. The van der Waals surface area contributed by atoms with Gasteiger partial charge in [0.25, 0.3) is 0 Å². The van der Waals surface area contributed by atoms with Crippen LogP contribution in [-0.4, -0.2) is 80.5 Å². The first-order chi connectivity index (χ1) is 32.1.